The summed E-state index contributed by atoms with van der Waals surface area (Å²) < 4.78 is 0. The summed E-state index contributed by atoms with van der Waals surface area (Å²) in [6.07, 6.45) is 5.95. The highest BCUT2D eigenvalue weighted by Gasteiger charge is 2.16. The van der Waals surface area contributed by atoms with Gasteiger partial charge in [-0.1, -0.05) is 5.92 Å². The van der Waals surface area contributed by atoms with Crippen molar-refractivity contribution in [2.24, 2.45) is 0 Å². The van der Waals surface area contributed by atoms with Crippen LogP contribution in [0.25, 0.3) is 0 Å². The van der Waals surface area contributed by atoms with E-state index in [1.807, 2.05) is 0 Å². The van der Waals surface area contributed by atoms with Crippen molar-refractivity contribution in [3.8, 4) is 12.3 Å². The van der Waals surface area contributed by atoms with E-state index in [0.717, 1.165) is 12.0 Å². The second-order valence-corrected chi connectivity index (χ2v) is 2.25. The Hall–Kier alpha value is -1.43. The van der Waals surface area contributed by atoms with Crippen molar-refractivity contribution in [3.05, 3.63) is 11.3 Å². The molecule has 1 aliphatic heterocycles. The van der Waals surface area contributed by atoms with Crippen LogP contribution < -0.4 is 10.6 Å². The summed E-state index contributed by atoms with van der Waals surface area (Å²) in [6, 6.07) is 0. The minimum Gasteiger partial charge on any atom is -0.383 e. The first-order valence-electron chi connectivity index (χ1n) is 3.45. The number of hydrogen-bond acceptors (Lipinski definition) is 2. The molecule has 0 bridgehead atoms. The SMILES string of the molecule is C#CC1=C(NC)C(=O)NCC1. The van der Waals surface area contributed by atoms with Crippen molar-refractivity contribution >= 4 is 5.91 Å². The van der Waals surface area contributed by atoms with E-state index in [2.05, 4.69) is 16.6 Å². The highest BCUT2D eigenvalue weighted by Crippen LogP contribution is 2.08. The van der Waals surface area contributed by atoms with Gasteiger partial charge in [0.1, 0.15) is 5.70 Å². The molecule has 0 unspecified atom stereocenters. The lowest BCUT2D eigenvalue weighted by Gasteiger charge is -2.16. The molecule has 1 aliphatic rings. The van der Waals surface area contributed by atoms with E-state index in [1.54, 1.807) is 7.05 Å². The summed E-state index contributed by atoms with van der Waals surface area (Å²) in [5.74, 6) is 2.39. The maximum absolute atomic E-state index is 11.1. The molecule has 0 aromatic rings. The third-order valence-electron chi connectivity index (χ3n) is 1.61. The van der Waals surface area contributed by atoms with Crippen molar-refractivity contribution in [1.82, 2.24) is 10.6 Å². The van der Waals surface area contributed by atoms with Crippen LogP contribution in [-0.2, 0) is 4.79 Å². The summed E-state index contributed by atoms with van der Waals surface area (Å²) in [6.45, 7) is 0.642. The van der Waals surface area contributed by atoms with Crippen LogP contribution in [0.15, 0.2) is 11.3 Å². The molecular weight excluding hydrogens is 140 g/mol. The summed E-state index contributed by atoms with van der Waals surface area (Å²) in [5.41, 5.74) is 1.29. The quantitative estimate of drug-likeness (QED) is 0.500. The van der Waals surface area contributed by atoms with Gasteiger partial charge in [-0.05, 0) is 6.42 Å². The Balaban J connectivity index is 2.97. The molecule has 3 nitrogen and oxygen atoms in total. The molecule has 0 aromatic heterocycles. The van der Waals surface area contributed by atoms with Crippen molar-refractivity contribution < 1.29 is 4.79 Å². The summed E-state index contributed by atoms with van der Waals surface area (Å²) >= 11 is 0. The summed E-state index contributed by atoms with van der Waals surface area (Å²) in [5, 5.41) is 5.47. The highest BCUT2D eigenvalue weighted by molar-refractivity contribution is 5.95. The van der Waals surface area contributed by atoms with E-state index in [4.69, 9.17) is 6.42 Å². The number of rotatable bonds is 1. The van der Waals surface area contributed by atoms with Gasteiger partial charge in [-0.25, -0.2) is 0 Å². The number of likely N-dealkylation sites (N-methyl/N-ethyl adjacent to an activating group) is 1. The highest BCUT2D eigenvalue weighted by atomic mass is 16.2. The molecule has 2 N–H and O–H groups in total. The van der Waals surface area contributed by atoms with Gasteiger partial charge in [-0.15, -0.1) is 6.42 Å². The third-order valence-corrected chi connectivity index (χ3v) is 1.61. The van der Waals surface area contributed by atoms with Gasteiger partial charge in [0.15, 0.2) is 0 Å². The molecule has 11 heavy (non-hydrogen) atoms. The summed E-state index contributed by atoms with van der Waals surface area (Å²) in [7, 11) is 1.69. The zero-order valence-electron chi connectivity index (χ0n) is 6.40. The lowest BCUT2D eigenvalue weighted by atomic mass is 10.1. The lowest BCUT2D eigenvalue weighted by Crippen LogP contribution is -2.36. The Morgan fingerprint density at radius 2 is 2.45 bits per heavy atom. The Labute approximate surface area is 65.9 Å². The Bertz CT molecular complexity index is 247. The molecule has 0 radical (unpaired) electrons. The molecule has 0 fully saturated rings. The molecule has 3 heteroatoms. The minimum atomic E-state index is -0.105. The molecule has 0 atom stereocenters. The number of carbonyl (C=O) groups excluding carboxylic acids is 1. The maximum Gasteiger partial charge on any atom is 0.268 e. The minimum absolute atomic E-state index is 0.105. The predicted octanol–water partition coefficient (Wildman–Crippen LogP) is -0.387. The zero-order valence-corrected chi connectivity index (χ0v) is 6.40. The van der Waals surface area contributed by atoms with Gasteiger partial charge in [0.25, 0.3) is 5.91 Å². The van der Waals surface area contributed by atoms with Gasteiger partial charge >= 0.3 is 0 Å². The van der Waals surface area contributed by atoms with Gasteiger partial charge < -0.3 is 10.6 Å². The monoisotopic (exact) mass is 150 g/mol. The molecule has 58 valence electrons. The molecule has 1 rings (SSSR count). The normalized spacial score (nSPS) is 17.3. The Morgan fingerprint density at radius 3 is 2.91 bits per heavy atom. The van der Waals surface area contributed by atoms with E-state index in [9.17, 15) is 4.79 Å². The van der Waals surface area contributed by atoms with Gasteiger partial charge in [0, 0.05) is 19.2 Å². The van der Waals surface area contributed by atoms with Crippen LogP contribution >= 0.6 is 0 Å². The molecule has 0 aliphatic carbocycles. The zero-order chi connectivity index (χ0) is 8.27. The number of terminal acetylenes is 1. The van der Waals surface area contributed by atoms with Crippen LogP contribution in [0.4, 0.5) is 0 Å². The first-order chi connectivity index (χ1) is 5.29. The first kappa shape index (κ1) is 7.67. The van der Waals surface area contributed by atoms with E-state index in [0.29, 0.717) is 12.2 Å². The van der Waals surface area contributed by atoms with Crippen molar-refractivity contribution in [3.63, 3.8) is 0 Å². The Kier molecular flexibility index (Phi) is 2.17. The second kappa shape index (κ2) is 3.11. The second-order valence-electron chi connectivity index (χ2n) is 2.25. The van der Waals surface area contributed by atoms with Crippen molar-refractivity contribution in [1.29, 1.82) is 0 Å². The summed E-state index contributed by atoms with van der Waals surface area (Å²) in [4.78, 5) is 11.1. The lowest BCUT2D eigenvalue weighted by molar-refractivity contribution is -0.118. The van der Waals surface area contributed by atoms with Crippen LogP contribution in [0.1, 0.15) is 6.42 Å². The van der Waals surface area contributed by atoms with E-state index < -0.39 is 0 Å². The van der Waals surface area contributed by atoms with Gasteiger partial charge in [-0.2, -0.15) is 0 Å². The van der Waals surface area contributed by atoms with Crippen LogP contribution in [0.2, 0.25) is 0 Å². The van der Waals surface area contributed by atoms with E-state index >= 15 is 0 Å². The first-order valence-corrected chi connectivity index (χ1v) is 3.45. The van der Waals surface area contributed by atoms with Gasteiger partial charge in [-0.3, -0.25) is 4.79 Å². The molecule has 1 heterocycles. The van der Waals surface area contributed by atoms with Crippen LogP contribution in [-0.4, -0.2) is 19.5 Å². The van der Waals surface area contributed by atoms with E-state index in [-0.39, 0.29) is 5.91 Å². The molecule has 0 saturated heterocycles. The Morgan fingerprint density at radius 1 is 1.73 bits per heavy atom. The molecule has 0 saturated carbocycles. The predicted molar refractivity (Wildman–Crippen MR) is 42.5 cm³/mol. The van der Waals surface area contributed by atoms with Gasteiger partial charge in [0.05, 0.1) is 0 Å². The molecular formula is C8H10N2O. The van der Waals surface area contributed by atoms with Crippen LogP contribution in [0.5, 0.6) is 0 Å². The number of nitrogens with one attached hydrogen (secondary N) is 2. The maximum atomic E-state index is 11.1. The number of amides is 1. The average molecular weight is 150 g/mol. The fraction of sp³-hybridized carbons (Fsp3) is 0.375. The number of hydrogen-bond donors (Lipinski definition) is 2. The van der Waals surface area contributed by atoms with Crippen molar-refractivity contribution in [2.45, 2.75) is 6.42 Å². The van der Waals surface area contributed by atoms with Crippen LogP contribution in [0.3, 0.4) is 0 Å². The smallest absolute Gasteiger partial charge is 0.268 e. The van der Waals surface area contributed by atoms with Crippen LogP contribution in [0, 0.1) is 12.3 Å². The van der Waals surface area contributed by atoms with Gasteiger partial charge in [0.2, 0.25) is 0 Å². The molecule has 1 amide bonds. The topological polar surface area (TPSA) is 41.1 Å². The van der Waals surface area contributed by atoms with Crippen molar-refractivity contribution in [2.75, 3.05) is 13.6 Å². The standard InChI is InChI=1S/C8H10N2O/c1-3-6-4-5-10-8(11)7(6)9-2/h1,9H,4-5H2,2H3,(H,10,11). The third kappa shape index (κ3) is 1.35. The molecule has 0 spiro atoms. The average Bonchev–Trinajstić information content (AvgIpc) is 2.04. The largest absolute Gasteiger partial charge is 0.383 e. The fourth-order valence-corrected chi connectivity index (χ4v) is 1.06. The van der Waals surface area contributed by atoms with E-state index in [1.165, 1.54) is 0 Å². The number of carbonyl (C=O) groups is 1. The fourth-order valence-electron chi connectivity index (χ4n) is 1.06. The molecule has 0 aromatic carbocycles.